The zero-order valence-electron chi connectivity index (χ0n) is 8.96. The van der Waals surface area contributed by atoms with Crippen molar-refractivity contribution in [3.8, 4) is 0 Å². The number of hydrogen-bond donors (Lipinski definition) is 1. The van der Waals surface area contributed by atoms with Crippen molar-refractivity contribution in [3.05, 3.63) is 18.1 Å². The van der Waals surface area contributed by atoms with Gasteiger partial charge < -0.3 is 14.7 Å². The van der Waals surface area contributed by atoms with Gasteiger partial charge in [0.1, 0.15) is 11.6 Å². The molecule has 2 heterocycles. The highest BCUT2D eigenvalue weighted by atomic mass is 16.5. The highest BCUT2D eigenvalue weighted by molar-refractivity contribution is 5.78. The zero-order valence-corrected chi connectivity index (χ0v) is 8.96. The summed E-state index contributed by atoms with van der Waals surface area (Å²) in [6, 6.07) is 1.05. The third-order valence-corrected chi connectivity index (χ3v) is 2.47. The minimum absolute atomic E-state index is 0.193. The van der Waals surface area contributed by atoms with E-state index in [4.69, 9.17) is 9.84 Å². The fourth-order valence-corrected chi connectivity index (χ4v) is 1.69. The maximum atomic E-state index is 11.1. The average Bonchev–Trinajstić information content (AvgIpc) is 2.29. The minimum atomic E-state index is -0.893. The molecule has 0 saturated carbocycles. The van der Waals surface area contributed by atoms with Crippen molar-refractivity contribution in [2.45, 2.75) is 13.0 Å². The summed E-state index contributed by atoms with van der Waals surface area (Å²) in [5.74, 6) is 0.382. The summed E-state index contributed by atoms with van der Waals surface area (Å²) in [6.45, 7) is 3.03. The molecule has 0 radical (unpaired) electrons. The van der Waals surface area contributed by atoms with Crippen LogP contribution in [-0.4, -0.2) is 46.8 Å². The van der Waals surface area contributed by atoms with Gasteiger partial charge in [0.2, 0.25) is 0 Å². The van der Waals surface area contributed by atoms with Crippen molar-refractivity contribution in [2.75, 3.05) is 24.7 Å². The Morgan fingerprint density at radius 3 is 3.19 bits per heavy atom. The molecule has 0 aliphatic carbocycles. The largest absolute Gasteiger partial charge is 0.480 e. The smallest absolute Gasteiger partial charge is 0.328 e. The van der Waals surface area contributed by atoms with E-state index in [0.29, 0.717) is 24.8 Å². The van der Waals surface area contributed by atoms with E-state index >= 15 is 0 Å². The van der Waals surface area contributed by atoms with Gasteiger partial charge in [-0.1, -0.05) is 0 Å². The Hall–Kier alpha value is -1.69. The molecule has 6 heteroatoms. The summed E-state index contributed by atoms with van der Waals surface area (Å²) in [5.41, 5.74) is 0. The normalized spacial score (nSPS) is 20.8. The summed E-state index contributed by atoms with van der Waals surface area (Å²) < 4.78 is 5.16. The number of carbonyl (C=O) groups is 1. The first kappa shape index (κ1) is 10.8. The molecule has 0 amide bonds. The van der Waals surface area contributed by atoms with Crippen molar-refractivity contribution >= 4 is 11.8 Å². The quantitative estimate of drug-likeness (QED) is 0.765. The van der Waals surface area contributed by atoms with E-state index in [1.54, 1.807) is 24.1 Å². The first-order valence-corrected chi connectivity index (χ1v) is 5.05. The molecule has 1 unspecified atom stereocenters. The van der Waals surface area contributed by atoms with Crippen LogP contribution in [0.1, 0.15) is 5.82 Å². The SMILES string of the molecule is Cc1nccc(N2CCOCC2C(=O)O)n1. The molecule has 0 bridgehead atoms. The van der Waals surface area contributed by atoms with Crippen LogP contribution in [0.3, 0.4) is 0 Å². The van der Waals surface area contributed by atoms with Gasteiger partial charge in [-0.3, -0.25) is 0 Å². The third-order valence-electron chi connectivity index (χ3n) is 2.47. The molecule has 0 aromatic carbocycles. The van der Waals surface area contributed by atoms with E-state index in [1.165, 1.54) is 0 Å². The van der Waals surface area contributed by atoms with Gasteiger partial charge in [-0.2, -0.15) is 0 Å². The van der Waals surface area contributed by atoms with Gasteiger partial charge in [-0.05, 0) is 13.0 Å². The number of aliphatic carboxylic acids is 1. The molecular weight excluding hydrogens is 210 g/mol. The Morgan fingerprint density at radius 1 is 1.69 bits per heavy atom. The lowest BCUT2D eigenvalue weighted by molar-refractivity contribution is -0.141. The van der Waals surface area contributed by atoms with Crippen LogP contribution in [-0.2, 0) is 9.53 Å². The number of ether oxygens (including phenoxy) is 1. The number of anilines is 1. The predicted molar refractivity (Wildman–Crippen MR) is 56.4 cm³/mol. The summed E-state index contributed by atoms with van der Waals surface area (Å²) >= 11 is 0. The van der Waals surface area contributed by atoms with Gasteiger partial charge >= 0.3 is 5.97 Å². The van der Waals surface area contributed by atoms with Crippen molar-refractivity contribution in [1.29, 1.82) is 0 Å². The van der Waals surface area contributed by atoms with Crippen LogP contribution in [0.15, 0.2) is 12.3 Å². The van der Waals surface area contributed by atoms with Crippen LogP contribution in [0.5, 0.6) is 0 Å². The van der Waals surface area contributed by atoms with Crippen molar-refractivity contribution < 1.29 is 14.6 Å². The number of hydrogen-bond acceptors (Lipinski definition) is 5. The van der Waals surface area contributed by atoms with E-state index in [2.05, 4.69) is 9.97 Å². The first-order chi connectivity index (χ1) is 7.68. The second kappa shape index (κ2) is 4.44. The van der Waals surface area contributed by atoms with Crippen LogP contribution in [0, 0.1) is 6.92 Å². The first-order valence-electron chi connectivity index (χ1n) is 5.05. The Kier molecular flexibility index (Phi) is 3.00. The Bertz CT molecular complexity index is 397. The third kappa shape index (κ3) is 2.11. The molecule has 16 heavy (non-hydrogen) atoms. The second-order valence-corrected chi connectivity index (χ2v) is 3.58. The predicted octanol–water partition coefficient (Wildman–Crippen LogP) is 0.0748. The van der Waals surface area contributed by atoms with Crippen molar-refractivity contribution in [1.82, 2.24) is 9.97 Å². The summed E-state index contributed by atoms with van der Waals surface area (Å²) in [6.07, 6.45) is 1.63. The van der Waals surface area contributed by atoms with E-state index in [0.717, 1.165) is 0 Å². The van der Waals surface area contributed by atoms with E-state index < -0.39 is 12.0 Å². The molecule has 1 aliphatic rings. The molecule has 1 aromatic rings. The van der Waals surface area contributed by atoms with Crippen molar-refractivity contribution in [2.24, 2.45) is 0 Å². The Balaban J connectivity index is 2.26. The molecule has 2 rings (SSSR count). The fourth-order valence-electron chi connectivity index (χ4n) is 1.69. The second-order valence-electron chi connectivity index (χ2n) is 3.58. The molecule has 1 aliphatic heterocycles. The Labute approximate surface area is 92.9 Å². The maximum absolute atomic E-state index is 11.1. The standard InChI is InChI=1S/C10H13N3O3/c1-7-11-3-2-9(12-7)13-4-5-16-6-8(13)10(14)15/h2-3,8H,4-6H2,1H3,(H,14,15). The highest BCUT2D eigenvalue weighted by Gasteiger charge is 2.30. The maximum Gasteiger partial charge on any atom is 0.328 e. The van der Waals surface area contributed by atoms with Crippen LogP contribution in [0.2, 0.25) is 0 Å². The minimum Gasteiger partial charge on any atom is -0.480 e. The number of aromatic nitrogens is 2. The van der Waals surface area contributed by atoms with Crippen molar-refractivity contribution in [3.63, 3.8) is 0 Å². The lowest BCUT2D eigenvalue weighted by atomic mass is 10.2. The monoisotopic (exact) mass is 223 g/mol. The van der Waals surface area contributed by atoms with E-state index in [9.17, 15) is 4.79 Å². The molecule has 86 valence electrons. The van der Waals surface area contributed by atoms with Gasteiger partial charge in [0.15, 0.2) is 6.04 Å². The molecule has 1 saturated heterocycles. The molecule has 0 spiro atoms. The van der Waals surface area contributed by atoms with E-state index in [-0.39, 0.29) is 6.61 Å². The van der Waals surface area contributed by atoms with Crippen LogP contribution in [0.25, 0.3) is 0 Å². The molecule has 1 N–H and O–H groups in total. The zero-order chi connectivity index (χ0) is 11.5. The van der Waals surface area contributed by atoms with Crippen LogP contribution >= 0.6 is 0 Å². The van der Waals surface area contributed by atoms with Gasteiger partial charge in [0.25, 0.3) is 0 Å². The number of nitrogens with zero attached hydrogens (tertiary/aromatic N) is 3. The number of rotatable bonds is 2. The molecular formula is C10H13N3O3. The highest BCUT2D eigenvalue weighted by Crippen LogP contribution is 2.16. The molecule has 1 fully saturated rings. The fraction of sp³-hybridized carbons (Fsp3) is 0.500. The van der Waals surface area contributed by atoms with Crippen LogP contribution in [0.4, 0.5) is 5.82 Å². The van der Waals surface area contributed by atoms with Gasteiger partial charge in [0, 0.05) is 12.7 Å². The summed E-state index contributed by atoms with van der Waals surface area (Å²) in [5, 5.41) is 9.07. The van der Waals surface area contributed by atoms with E-state index in [1.807, 2.05) is 0 Å². The van der Waals surface area contributed by atoms with Gasteiger partial charge in [0.05, 0.1) is 13.2 Å². The van der Waals surface area contributed by atoms with Gasteiger partial charge in [-0.25, -0.2) is 14.8 Å². The molecule has 6 nitrogen and oxygen atoms in total. The number of carboxylic acid groups (broad SMARTS) is 1. The summed E-state index contributed by atoms with van der Waals surface area (Å²) in [7, 11) is 0. The van der Waals surface area contributed by atoms with Crippen LogP contribution < -0.4 is 4.90 Å². The lowest BCUT2D eigenvalue weighted by Gasteiger charge is -2.33. The lowest BCUT2D eigenvalue weighted by Crippen LogP contribution is -2.50. The summed E-state index contributed by atoms with van der Waals surface area (Å²) in [4.78, 5) is 21.0. The molecule has 1 aromatic heterocycles. The topological polar surface area (TPSA) is 75.6 Å². The number of aryl methyl sites for hydroxylation is 1. The Morgan fingerprint density at radius 2 is 2.50 bits per heavy atom. The number of carboxylic acids is 1. The van der Waals surface area contributed by atoms with Gasteiger partial charge in [-0.15, -0.1) is 0 Å². The molecule has 1 atom stereocenters. The average molecular weight is 223 g/mol. The number of morpholine rings is 1.